The third-order valence-corrected chi connectivity index (χ3v) is 6.17. The van der Waals surface area contributed by atoms with Crippen LogP contribution in [0.4, 0.5) is 11.6 Å². The second-order valence-electron chi connectivity index (χ2n) is 8.44. The highest BCUT2D eigenvalue weighted by molar-refractivity contribution is 6.21. The third kappa shape index (κ3) is 2.95. The number of anilines is 2. The fourth-order valence-electron chi connectivity index (χ4n) is 4.70. The Hall–Kier alpha value is -4.34. The number of nitrogens with one attached hydrogen (secondary N) is 3. The van der Waals surface area contributed by atoms with Crippen LogP contribution in [0.3, 0.4) is 0 Å². The Morgan fingerprint density at radius 3 is 2.79 bits per heavy atom. The van der Waals surface area contributed by atoms with E-state index in [9.17, 15) is 0 Å². The number of aryl methyl sites for hydroxylation is 3. The molecule has 3 N–H and O–H groups in total. The summed E-state index contributed by atoms with van der Waals surface area (Å²) in [6, 6.07) is 8.00. The summed E-state index contributed by atoms with van der Waals surface area (Å²) in [5.41, 5.74) is 5.36. The molecule has 1 atom stereocenters. The van der Waals surface area contributed by atoms with Crippen molar-refractivity contribution in [2.24, 2.45) is 12.0 Å². The molecule has 34 heavy (non-hydrogen) atoms. The molecule has 6 rings (SSSR count). The molecule has 10 nitrogen and oxygen atoms in total. The van der Waals surface area contributed by atoms with Gasteiger partial charge in [-0.25, -0.2) is 14.7 Å². The largest absolute Gasteiger partial charge is 0.496 e. The Morgan fingerprint density at radius 1 is 1.18 bits per heavy atom. The van der Waals surface area contributed by atoms with Crippen molar-refractivity contribution < 1.29 is 9.26 Å². The molecule has 0 bridgehead atoms. The number of H-pyrrole nitrogens is 1. The monoisotopic (exact) mass is 456 g/mol. The molecule has 1 aliphatic heterocycles. The Labute approximate surface area is 195 Å². The predicted octanol–water partition coefficient (Wildman–Crippen LogP) is 4.36. The van der Waals surface area contributed by atoms with E-state index in [1.165, 1.54) is 0 Å². The fraction of sp³-hybridized carbons (Fsp3) is 0.250. The second kappa shape index (κ2) is 7.34. The second-order valence-corrected chi connectivity index (χ2v) is 8.44. The number of hydrogen-bond donors (Lipinski definition) is 3. The van der Waals surface area contributed by atoms with Gasteiger partial charge in [-0.1, -0.05) is 5.16 Å². The minimum absolute atomic E-state index is 0.125. The Bertz CT molecular complexity index is 1590. The average Bonchev–Trinajstić information content (AvgIpc) is 3.45. The fourth-order valence-corrected chi connectivity index (χ4v) is 4.70. The number of nitrogens with zero attached hydrogens (tertiary/aromatic N) is 5. The van der Waals surface area contributed by atoms with Crippen molar-refractivity contribution >= 4 is 39.4 Å². The maximum Gasteiger partial charge on any atom is 0.163 e. The van der Waals surface area contributed by atoms with Crippen LogP contribution in [0.25, 0.3) is 33.1 Å². The molecule has 10 heteroatoms. The Balaban J connectivity index is 1.52. The molecular formula is C24H24N8O2. The lowest BCUT2D eigenvalue weighted by atomic mass is 10.00. The van der Waals surface area contributed by atoms with Crippen LogP contribution in [-0.4, -0.2) is 44.0 Å². The maximum absolute atomic E-state index is 5.80. The van der Waals surface area contributed by atoms with Crippen LogP contribution in [0.15, 0.2) is 40.0 Å². The highest BCUT2D eigenvalue weighted by Crippen LogP contribution is 2.41. The highest BCUT2D eigenvalue weighted by atomic mass is 16.5. The SMILES string of the molecule is COc1cc2c3c([nH]c2cc1-c1c(C)noc1C)NC(C)N=C3Nc1nn(C)c2ncccc12. The van der Waals surface area contributed by atoms with E-state index in [4.69, 9.17) is 14.3 Å². The number of pyridine rings is 1. The van der Waals surface area contributed by atoms with Crippen molar-refractivity contribution in [3.05, 3.63) is 47.5 Å². The van der Waals surface area contributed by atoms with E-state index in [1.54, 1.807) is 18.0 Å². The van der Waals surface area contributed by atoms with Crippen molar-refractivity contribution in [1.82, 2.24) is 24.9 Å². The van der Waals surface area contributed by atoms with Gasteiger partial charge >= 0.3 is 0 Å². The van der Waals surface area contributed by atoms with Crippen LogP contribution in [0, 0.1) is 13.8 Å². The van der Waals surface area contributed by atoms with Crippen molar-refractivity contribution in [3.63, 3.8) is 0 Å². The summed E-state index contributed by atoms with van der Waals surface area (Å²) in [5.74, 6) is 3.80. The van der Waals surface area contributed by atoms with E-state index in [0.29, 0.717) is 5.82 Å². The smallest absolute Gasteiger partial charge is 0.163 e. The molecule has 0 aliphatic carbocycles. The van der Waals surface area contributed by atoms with Gasteiger partial charge in [-0.3, -0.25) is 0 Å². The van der Waals surface area contributed by atoms with Crippen molar-refractivity contribution in [3.8, 4) is 16.9 Å². The van der Waals surface area contributed by atoms with Crippen LogP contribution < -0.4 is 15.4 Å². The number of ether oxygens (including phenoxy) is 1. The van der Waals surface area contributed by atoms with Crippen LogP contribution in [0.5, 0.6) is 5.75 Å². The maximum atomic E-state index is 5.80. The molecule has 0 saturated carbocycles. The van der Waals surface area contributed by atoms with Crippen LogP contribution in [0.2, 0.25) is 0 Å². The van der Waals surface area contributed by atoms with Crippen LogP contribution >= 0.6 is 0 Å². The number of rotatable bonds is 3. The number of hydrogen-bond acceptors (Lipinski definition) is 8. The summed E-state index contributed by atoms with van der Waals surface area (Å²) >= 11 is 0. The number of fused-ring (bicyclic) bond motifs is 4. The lowest BCUT2D eigenvalue weighted by Crippen LogP contribution is -2.27. The molecule has 1 aliphatic rings. The molecule has 1 aromatic carbocycles. The number of amidine groups is 1. The van der Waals surface area contributed by atoms with Gasteiger partial charge in [-0.05, 0) is 45.0 Å². The van der Waals surface area contributed by atoms with Crippen molar-refractivity contribution in [1.29, 1.82) is 0 Å². The normalized spacial score (nSPS) is 15.3. The lowest BCUT2D eigenvalue weighted by molar-refractivity contribution is 0.393. The number of aliphatic imine (C=N–C) groups is 1. The van der Waals surface area contributed by atoms with Crippen molar-refractivity contribution in [2.45, 2.75) is 26.9 Å². The van der Waals surface area contributed by atoms with Gasteiger partial charge in [0.25, 0.3) is 0 Å². The summed E-state index contributed by atoms with van der Waals surface area (Å²) < 4.78 is 13.0. The van der Waals surface area contributed by atoms with Gasteiger partial charge in [-0.15, -0.1) is 0 Å². The first-order chi connectivity index (χ1) is 16.4. The number of benzene rings is 1. The van der Waals surface area contributed by atoms with Gasteiger partial charge in [-0.2, -0.15) is 5.10 Å². The summed E-state index contributed by atoms with van der Waals surface area (Å²) in [7, 11) is 3.55. The summed E-state index contributed by atoms with van der Waals surface area (Å²) in [4.78, 5) is 12.8. The molecule has 0 fully saturated rings. The quantitative estimate of drug-likeness (QED) is 0.369. The minimum atomic E-state index is -0.125. The molecule has 1 unspecified atom stereocenters. The summed E-state index contributed by atoms with van der Waals surface area (Å²) in [6.07, 6.45) is 1.64. The first kappa shape index (κ1) is 20.3. The average molecular weight is 457 g/mol. The number of methoxy groups -OCH3 is 1. The summed E-state index contributed by atoms with van der Waals surface area (Å²) in [5, 5.41) is 17.5. The molecule has 0 radical (unpaired) electrons. The zero-order chi connectivity index (χ0) is 23.6. The third-order valence-electron chi connectivity index (χ3n) is 6.17. The van der Waals surface area contributed by atoms with Gasteiger partial charge in [0.15, 0.2) is 11.5 Å². The molecule has 5 aromatic rings. The highest BCUT2D eigenvalue weighted by Gasteiger charge is 2.26. The molecule has 0 spiro atoms. The summed E-state index contributed by atoms with van der Waals surface area (Å²) in [6.45, 7) is 5.84. The van der Waals surface area contributed by atoms with E-state index in [0.717, 1.165) is 67.5 Å². The van der Waals surface area contributed by atoms with E-state index >= 15 is 0 Å². The minimum Gasteiger partial charge on any atom is -0.496 e. The first-order valence-corrected chi connectivity index (χ1v) is 11.0. The molecule has 172 valence electrons. The van der Waals surface area contributed by atoms with Crippen LogP contribution in [-0.2, 0) is 7.05 Å². The first-order valence-electron chi connectivity index (χ1n) is 11.0. The zero-order valence-electron chi connectivity index (χ0n) is 19.5. The van der Waals surface area contributed by atoms with Gasteiger partial charge in [0.05, 0.1) is 29.3 Å². The van der Waals surface area contributed by atoms with Crippen molar-refractivity contribution in [2.75, 3.05) is 17.7 Å². The van der Waals surface area contributed by atoms with E-state index < -0.39 is 0 Å². The van der Waals surface area contributed by atoms with Gasteiger partial charge in [0.1, 0.15) is 29.3 Å². The van der Waals surface area contributed by atoms with E-state index in [2.05, 4.69) is 36.9 Å². The van der Waals surface area contributed by atoms with Gasteiger partial charge < -0.3 is 24.9 Å². The predicted molar refractivity (Wildman–Crippen MR) is 132 cm³/mol. The number of aromatic nitrogens is 5. The van der Waals surface area contributed by atoms with Gasteiger partial charge in [0.2, 0.25) is 0 Å². The standard InChI is InChI=1S/C24H24N8O2/c1-11-19(12(2)34-31-11)16-9-17-15(10-18(16)33-5)20-22(28-17)26-13(3)27-23(20)29-21-14-7-6-8-25-24(14)32(4)30-21/h6-10,13,26,28H,1-5H3,(H,27,29,30). The lowest BCUT2D eigenvalue weighted by Gasteiger charge is -2.21. The van der Waals surface area contributed by atoms with E-state index in [-0.39, 0.29) is 6.17 Å². The topological polar surface area (TPSA) is 118 Å². The van der Waals surface area contributed by atoms with Gasteiger partial charge in [0, 0.05) is 29.7 Å². The molecule has 0 amide bonds. The number of aromatic amines is 1. The molecule has 4 aromatic heterocycles. The molecule has 5 heterocycles. The Kier molecular flexibility index (Phi) is 4.38. The molecular weight excluding hydrogens is 432 g/mol. The molecule has 0 saturated heterocycles. The van der Waals surface area contributed by atoms with Crippen LogP contribution in [0.1, 0.15) is 23.9 Å². The Morgan fingerprint density at radius 2 is 2.03 bits per heavy atom. The zero-order valence-corrected chi connectivity index (χ0v) is 19.5. The van der Waals surface area contributed by atoms with E-state index in [1.807, 2.05) is 46.0 Å².